The first-order chi connectivity index (χ1) is 15.7. The van der Waals surface area contributed by atoms with Crippen molar-refractivity contribution < 1.29 is 29.2 Å². The van der Waals surface area contributed by atoms with E-state index in [1.807, 2.05) is 20.8 Å². The fourth-order valence-corrected chi connectivity index (χ4v) is 4.05. The molecule has 2 aromatic carbocycles. The van der Waals surface area contributed by atoms with Crippen molar-refractivity contribution in [1.29, 1.82) is 0 Å². The Balaban J connectivity index is 2.08. The highest BCUT2D eigenvalue weighted by atomic mass is 16.5. The maximum absolute atomic E-state index is 13.2. The van der Waals surface area contributed by atoms with Crippen molar-refractivity contribution in [3.05, 3.63) is 64.8 Å². The molecule has 0 spiro atoms. The molecule has 33 heavy (non-hydrogen) atoms. The predicted octanol–water partition coefficient (Wildman–Crippen LogP) is 5.91. The van der Waals surface area contributed by atoms with Crippen LogP contribution in [-0.2, 0) is 6.42 Å². The second-order valence-corrected chi connectivity index (χ2v) is 8.70. The first kappa shape index (κ1) is 24.2. The van der Waals surface area contributed by atoms with E-state index >= 15 is 0 Å². The molecule has 0 radical (unpaired) electrons. The number of ether oxygens (including phenoxy) is 3. The van der Waals surface area contributed by atoms with E-state index in [1.165, 1.54) is 31.9 Å². The number of rotatable bonds is 8. The van der Waals surface area contributed by atoms with Crippen LogP contribution >= 0.6 is 0 Å². The van der Waals surface area contributed by atoms with Gasteiger partial charge in [-0.1, -0.05) is 23.8 Å². The summed E-state index contributed by atoms with van der Waals surface area (Å²) in [7, 11) is 2.97. The normalized spacial score (nSPS) is 15.8. The first-order valence-corrected chi connectivity index (χ1v) is 10.9. The van der Waals surface area contributed by atoms with Crippen molar-refractivity contribution in [2.45, 2.75) is 46.1 Å². The third-order valence-electron chi connectivity index (χ3n) is 6.00. The van der Waals surface area contributed by atoms with Crippen molar-refractivity contribution in [2.75, 3.05) is 14.2 Å². The molecular weight excluding hydrogens is 420 g/mol. The average Bonchev–Trinajstić information content (AvgIpc) is 2.76. The number of Topliss-reactive ketones (excluding diaryl/α,β-unsaturated/α-hetero) is 1. The summed E-state index contributed by atoms with van der Waals surface area (Å²) in [6.07, 6.45) is 2.67. The summed E-state index contributed by atoms with van der Waals surface area (Å²) in [6, 6.07) is 6.34. The minimum absolute atomic E-state index is 0.00135. The maximum Gasteiger partial charge on any atom is 0.174 e. The van der Waals surface area contributed by atoms with Gasteiger partial charge in [0.25, 0.3) is 0 Å². The highest BCUT2D eigenvalue weighted by molar-refractivity contribution is 6.03. The molecule has 0 bridgehead atoms. The number of carbonyl (C=O) groups excluding carboxylic acids is 1. The first-order valence-electron chi connectivity index (χ1n) is 10.9. The number of hydrogen-bond acceptors (Lipinski definition) is 6. The van der Waals surface area contributed by atoms with Crippen LogP contribution in [-0.4, -0.2) is 30.2 Å². The second kappa shape index (κ2) is 10.0. The van der Waals surface area contributed by atoms with Gasteiger partial charge in [0.1, 0.15) is 40.4 Å². The van der Waals surface area contributed by atoms with Gasteiger partial charge >= 0.3 is 0 Å². The van der Waals surface area contributed by atoms with Crippen molar-refractivity contribution in [3.63, 3.8) is 0 Å². The summed E-state index contributed by atoms with van der Waals surface area (Å²) < 4.78 is 16.8. The molecule has 6 nitrogen and oxygen atoms in total. The third kappa shape index (κ3) is 5.16. The van der Waals surface area contributed by atoms with E-state index in [-0.39, 0.29) is 35.4 Å². The van der Waals surface area contributed by atoms with Gasteiger partial charge in [-0.05, 0) is 51.7 Å². The minimum atomic E-state index is -0.706. The summed E-state index contributed by atoms with van der Waals surface area (Å²) in [5.74, 6) is 0.926. The number of benzene rings is 2. The van der Waals surface area contributed by atoms with Crippen molar-refractivity contribution >= 4 is 5.78 Å². The Morgan fingerprint density at radius 1 is 1.18 bits per heavy atom. The van der Waals surface area contributed by atoms with Crippen LogP contribution in [0.1, 0.15) is 61.2 Å². The zero-order valence-corrected chi connectivity index (χ0v) is 19.9. The number of aromatic hydroxyl groups is 2. The number of fused-ring (bicyclic) bond motifs is 1. The Morgan fingerprint density at radius 3 is 2.48 bits per heavy atom. The zero-order valence-electron chi connectivity index (χ0n) is 19.9. The van der Waals surface area contributed by atoms with Gasteiger partial charge in [-0.25, -0.2) is 0 Å². The maximum atomic E-state index is 13.2. The van der Waals surface area contributed by atoms with Crippen LogP contribution in [0.4, 0.5) is 0 Å². The topological polar surface area (TPSA) is 85.2 Å². The lowest BCUT2D eigenvalue weighted by Gasteiger charge is -2.30. The lowest BCUT2D eigenvalue weighted by atomic mass is 9.86. The lowest BCUT2D eigenvalue weighted by molar-refractivity contribution is 0.0838. The van der Waals surface area contributed by atoms with E-state index in [0.29, 0.717) is 34.6 Å². The average molecular weight is 453 g/mol. The van der Waals surface area contributed by atoms with Gasteiger partial charge in [0, 0.05) is 23.3 Å². The summed E-state index contributed by atoms with van der Waals surface area (Å²) in [6.45, 7) is 10.2. The number of ketones is 1. The largest absolute Gasteiger partial charge is 0.507 e. The van der Waals surface area contributed by atoms with Gasteiger partial charge < -0.3 is 24.4 Å². The smallest absolute Gasteiger partial charge is 0.174 e. The molecule has 176 valence electrons. The monoisotopic (exact) mass is 452 g/mol. The highest BCUT2D eigenvalue weighted by Crippen LogP contribution is 2.48. The molecule has 0 fully saturated rings. The molecule has 1 unspecified atom stereocenters. The molecule has 1 aliphatic rings. The molecule has 0 aromatic heterocycles. The molecule has 1 aliphatic heterocycles. The van der Waals surface area contributed by atoms with Crippen LogP contribution in [0.3, 0.4) is 0 Å². The summed E-state index contributed by atoms with van der Waals surface area (Å²) in [5.41, 5.74) is 3.50. The molecule has 1 heterocycles. The Hall–Kier alpha value is -3.41. The van der Waals surface area contributed by atoms with Gasteiger partial charge in [-0.3, -0.25) is 4.79 Å². The van der Waals surface area contributed by atoms with Gasteiger partial charge in [0.15, 0.2) is 5.78 Å². The fraction of sp³-hybridized carbons (Fsp3) is 0.370. The van der Waals surface area contributed by atoms with Gasteiger partial charge in [-0.15, -0.1) is 0 Å². The number of phenols is 2. The Labute approximate surface area is 195 Å². The molecular formula is C27H32O6. The number of allylic oxidation sites excluding steroid dienone is 3. The summed E-state index contributed by atoms with van der Waals surface area (Å²) >= 11 is 0. The molecule has 3 rings (SSSR count). The van der Waals surface area contributed by atoms with Crippen molar-refractivity contribution in [1.82, 2.24) is 0 Å². The zero-order chi connectivity index (χ0) is 24.3. The summed E-state index contributed by atoms with van der Waals surface area (Å²) in [5, 5.41) is 21.4. The SMILES string of the molecule is C=C(C)C(CC=C(C)C)Cc1c(O)cc(OC)c2c1O[C@H](c1ccc(OC)cc1O)CC2=O. The Morgan fingerprint density at radius 2 is 1.91 bits per heavy atom. The van der Waals surface area contributed by atoms with Crippen LogP contribution < -0.4 is 14.2 Å². The quantitative estimate of drug-likeness (QED) is 0.484. The molecule has 0 amide bonds. The van der Waals surface area contributed by atoms with Crippen LogP contribution in [0.5, 0.6) is 28.7 Å². The van der Waals surface area contributed by atoms with Crippen molar-refractivity contribution in [3.8, 4) is 28.7 Å². The van der Waals surface area contributed by atoms with Crippen molar-refractivity contribution in [2.24, 2.45) is 5.92 Å². The number of methoxy groups -OCH3 is 2. The van der Waals surface area contributed by atoms with E-state index in [0.717, 1.165) is 12.0 Å². The lowest BCUT2D eigenvalue weighted by Crippen LogP contribution is -2.23. The molecule has 0 aliphatic carbocycles. The minimum Gasteiger partial charge on any atom is -0.507 e. The predicted molar refractivity (Wildman–Crippen MR) is 128 cm³/mol. The van der Waals surface area contributed by atoms with Crippen LogP contribution in [0, 0.1) is 5.92 Å². The molecule has 0 saturated heterocycles. The van der Waals surface area contributed by atoms with Gasteiger partial charge in [-0.2, -0.15) is 0 Å². The number of hydrogen-bond donors (Lipinski definition) is 2. The van der Waals surface area contributed by atoms with Crippen LogP contribution in [0.25, 0.3) is 0 Å². The number of carbonyl (C=O) groups is 1. The standard InChI is InChI=1S/C27H32O6/c1-15(2)7-8-17(16(3)4)11-20-22(29)13-25(32-6)26-23(30)14-24(33-27(20)26)19-10-9-18(31-5)12-21(19)28/h7,9-10,12-13,17,24,28-29H,3,8,11,14H2,1-2,4-6H3/t17?,24-/m0/s1. The van der Waals surface area contributed by atoms with E-state index in [9.17, 15) is 15.0 Å². The van der Waals surface area contributed by atoms with E-state index in [2.05, 4.69) is 12.7 Å². The van der Waals surface area contributed by atoms with Crippen LogP contribution in [0.15, 0.2) is 48.1 Å². The second-order valence-electron chi connectivity index (χ2n) is 8.70. The summed E-state index contributed by atoms with van der Waals surface area (Å²) in [4.78, 5) is 13.2. The van der Waals surface area contributed by atoms with Crippen LogP contribution in [0.2, 0.25) is 0 Å². The van der Waals surface area contributed by atoms with E-state index in [1.54, 1.807) is 12.1 Å². The van der Waals surface area contributed by atoms with E-state index < -0.39 is 6.10 Å². The fourth-order valence-electron chi connectivity index (χ4n) is 4.05. The third-order valence-corrected chi connectivity index (χ3v) is 6.00. The molecule has 2 aromatic rings. The van der Waals surface area contributed by atoms with Gasteiger partial charge in [0.2, 0.25) is 0 Å². The van der Waals surface area contributed by atoms with E-state index in [4.69, 9.17) is 14.2 Å². The number of phenolic OH excluding ortho intramolecular Hbond substituents is 2. The van der Waals surface area contributed by atoms with Gasteiger partial charge in [0.05, 0.1) is 20.6 Å². The molecule has 6 heteroatoms. The molecule has 0 saturated carbocycles. The Bertz CT molecular complexity index is 1090. The highest BCUT2D eigenvalue weighted by Gasteiger charge is 2.35. The molecule has 2 atom stereocenters. The molecule has 2 N–H and O–H groups in total. The Kier molecular flexibility index (Phi) is 7.36.